The van der Waals surface area contributed by atoms with Crippen molar-refractivity contribution in [2.24, 2.45) is 0 Å². The molecule has 0 heterocycles. The van der Waals surface area contributed by atoms with E-state index in [9.17, 15) is 4.79 Å². The standard InChI is InChI=1S/C12H16O5/c1-2-16-11-6-4-3-5-10(11)12(15)17-9(7-13)8-14/h3-6,9,13-14H,2,7-8H2,1H3. The first kappa shape index (κ1) is 13.5. The summed E-state index contributed by atoms with van der Waals surface area (Å²) in [6.07, 6.45) is -0.905. The Morgan fingerprint density at radius 2 is 1.94 bits per heavy atom. The highest BCUT2D eigenvalue weighted by atomic mass is 16.6. The van der Waals surface area contributed by atoms with Crippen LogP contribution in [-0.4, -0.2) is 42.1 Å². The highest BCUT2D eigenvalue weighted by Gasteiger charge is 2.17. The molecule has 0 saturated heterocycles. The van der Waals surface area contributed by atoms with Crippen molar-refractivity contribution in [3.05, 3.63) is 29.8 Å². The molecule has 0 bridgehead atoms. The van der Waals surface area contributed by atoms with Crippen molar-refractivity contribution < 1.29 is 24.5 Å². The fourth-order valence-electron chi connectivity index (χ4n) is 1.26. The average molecular weight is 240 g/mol. The van der Waals surface area contributed by atoms with Crippen LogP contribution in [0, 0.1) is 0 Å². The molecule has 1 rings (SSSR count). The van der Waals surface area contributed by atoms with Crippen molar-refractivity contribution in [3.63, 3.8) is 0 Å². The van der Waals surface area contributed by atoms with E-state index in [-0.39, 0.29) is 5.56 Å². The van der Waals surface area contributed by atoms with Crippen LogP contribution in [0.1, 0.15) is 17.3 Å². The molecule has 0 aromatic heterocycles. The first-order valence-corrected chi connectivity index (χ1v) is 5.37. The van der Waals surface area contributed by atoms with Gasteiger partial charge in [-0.1, -0.05) is 12.1 Å². The molecule has 0 spiro atoms. The molecule has 0 fully saturated rings. The molecule has 2 N–H and O–H groups in total. The van der Waals surface area contributed by atoms with E-state index in [1.54, 1.807) is 24.3 Å². The van der Waals surface area contributed by atoms with Crippen molar-refractivity contribution in [2.45, 2.75) is 13.0 Å². The second kappa shape index (κ2) is 6.88. The van der Waals surface area contributed by atoms with E-state index in [1.165, 1.54) is 0 Å². The van der Waals surface area contributed by atoms with E-state index in [0.717, 1.165) is 0 Å². The second-order valence-corrected chi connectivity index (χ2v) is 3.32. The van der Waals surface area contributed by atoms with Gasteiger partial charge in [-0.05, 0) is 19.1 Å². The lowest BCUT2D eigenvalue weighted by molar-refractivity contribution is -0.00573. The molecule has 0 radical (unpaired) electrons. The molecule has 0 aliphatic heterocycles. The fourth-order valence-corrected chi connectivity index (χ4v) is 1.26. The van der Waals surface area contributed by atoms with Gasteiger partial charge in [-0.3, -0.25) is 0 Å². The Morgan fingerprint density at radius 1 is 1.29 bits per heavy atom. The molecule has 0 atom stereocenters. The maximum Gasteiger partial charge on any atom is 0.342 e. The van der Waals surface area contributed by atoms with E-state index in [0.29, 0.717) is 12.4 Å². The molecule has 0 saturated carbocycles. The Balaban J connectivity index is 2.80. The van der Waals surface area contributed by atoms with Gasteiger partial charge < -0.3 is 19.7 Å². The molecular weight excluding hydrogens is 224 g/mol. The maximum absolute atomic E-state index is 11.7. The van der Waals surface area contributed by atoms with Gasteiger partial charge in [0, 0.05) is 0 Å². The van der Waals surface area contributed by atoms with E-state index in [4.69, 9.17) is 19.7 Å². The lowest BCUT2D eigenvalue weighted by atomic mass is 10.2. The van der Waals surface area contributed by atoms with Gasteiger partial charge in [0.25, 0.3) is 0 Å². The molecule has 94 valence electrons. The number of carbonyl (C=O) groups is 1. The molecule has 17 heavy (non-hydrogen) atoms. The zero-order valence-electron chi connectivity index (χ0n) is 9.63. The third-order valence-corrected chi connectivity index (χ3v) is 2.09. The monoisotopic (exact) mass is 240 g/mol. The Hall–Kier alpha value is -1.59. The average Bonchev–Trinajstić information content (AvgIpc) is 2.36. The van der Waals surface area contributed by atoms with Gasteiger partial charge in [0.1, 0.15) is 17.4 Å². The molecule has 0 amide bonds. The largest absolute Gasteiger partial charge is 0.493 e. The number of benzene rings is 1. The second-order valence-electron chi connectivity index (χ2n) is 3.32. The molecule has 0 unspecified atom stereocenters. The number of hydrogen-bond acceptors (Lipinski definition) is 5. The van der Waals surface area contributed by atoms with Crippen molar-refractivity contribution in [1.29, 1.82) is 0 Å². The fraction of sp³-hybridized carbons (Fsp3) is 0.417. The number of hydrogen-bond donors (Lipinski definition) is 2. The summed E-state index contributed by atoms with van der Waals surface area (Å²) in [4.78, 5) is 11.7. The topological polar surface area (TPSA) is 76.0 Å². The number of ether oxygens (including phenoxy) is 2. The van der Waals surface area contributed by atoms with Gasteiger partial charge in [-0.25, -0.2) is 4.79 Å². The summed E-state index contributed by atoms with van der Waals surface area (Å²) in [5, 5.41) is 17.7. The summed E-state index contributed by atoms with van der Waals surface area (Å²) >= 11 is 0. The molecule has 1 aromatic rings. The lowest BCUT2D eigenvalue weighted by Gasteiger charge is -2.14. The van der Waals surface area contributed by atoms with Gasteiger partial charge >= 0.3 is 5.97 Å². The smallest absolute Gasteiger partial charge is 0.342 e. The van der Waals surface area contributed by atoms with Crippen LogP contribution in [0.25, 0.3) is 0 Å². The van der Waals surface area contributed by atoms with Crippen molar-refractivity contribution >= 4 is 5.97 Å². The van der Waals surface area contributed by atoms with Crippen LogP contribution in [0.5, 0.6) is 5.75 Å². The normalized spacial score (nSPS) is 10.4. The first-order chi connectivity index (χ1) is 8.22. The van der Waals surface area contributed by atoms with Crippen LogP contribution in [-0.2, 0) is 4.74 Å². The molecule has 5 heteroatoms. The van der Waals surface area contributed by atoms with Gasteiger partial charge in [-0.2, -0.15) is 0 Å². The van der Waals surface area contributed by atoms with E-state index >= 15 is 0 Å². The van der Waals surface area contributed by atoms with Crippen molar-refractivity contribution in [1.82, 2.24) is 0 Å². The zero-order chi connectivity index (χ0) is 12.7. The van der Waals surface area contributed by atoms with Gasteiger partial charge in [0.2, 0.25) is 0 Å². The number of para-hydroxylation sites is 1. The first-order valence-electron chi connectivity index (χ1n) is 5.37. The van der Waals surface area contributed by atoms with E-state index in [2.05, 4.69) is 0 Å². The molecule has 0 aliphatic carbocycles. The minimum atomic E-state index is -0.905. The number of carbonyl (C=O) groups excluding carboxylic acids is 1. The quantitative estimate of drug-likeness (QED) is 0.712. The zero-order valence-corrected chi connectivity index (χ0v) is 9.63. The highest BCUT2D eigenvalue weighted by molar-refractivity contribution is 5.92. The number of rotatable bonds is 6. The number of aliphatic hydroxyl groups excluding tert-OH is 2. The molecular formula is C12H16O5. The van der Waals surface area contributed by atoms with Gasteiger partial charge in [-0.15, -0.1) is 0 Å². The van der Waals surface area contributed by atoms with Crippen LogP contribution in [0.15, 0.2) is 24.3 Å². The number of esters is 1. The molecule has 0 aliphatic rings. The van der Waals surface area contributed by atoms with Crippen LogP contribution < -0.4 is 4.74 Å². The van der Waals surface area contributed by atoms with Crippen molar-refractivity contribution in [2.75, 3.05) is 19.8 Å². The SMILES string of the molecule is CCOc1ccccc1C(=O)OC(CO)CO. The van der Waals surface area contributed by atoms with Crippen LogP contribution in [0.2, 0.25) is 0 Å². The predicted molar refractivity (Wildman–Crippen MR) is 61.0 cm³/mol. The van der Waals surface area contributed by atoms with Crippen molar-refractivity contribution in [3.8, 4) is 5.75 Å². The Kier molecular flexibility index (Phi) is 5.45. The third kappa shape index (κ3) is 3.72. The number of aliphatic hydroxyl groups is 2. The predicted octanol–water partition coefficient (Wildman–Crippen LogP) is 0.595. The van der Waals surface area contributed by atoms with Crippen LogP contribution in [0.4, 0.5) is 0 Å². The minimum Gasteiger partial charge on any atom is -0.493 e. The maximum atomic E-state index is 11.7. The summed E-state index contributed by atoms with van der Waals surface area (Å²) in [5.74, 6) is -0.197. The Labute approximate surface area is 99.6 Å². The summed E-state index contributed by atoms with van der Waals surface area (Å²) in [6, 6.07) is 6.66. The lowest BCUT2D eigenvalue weighted by Crippen LogP contribution is -2.25. The Morgan fingerprint density at radius 3 is 2.53 bits per heavy atom. The highest BCUT2D eigenvalue weighted by Crippen LogP contribution is 2.19. The summed E-state index contributed by atoms with van der Waals surface area (Å²) in [7, 11) is 0. The van der Waals surface area contributed by atoms with Gasteiger partial charge in [0.05, 0.1) is 19.8 Å². The third-order valence-electron chi connectivity index (χ3n) is 2.09. The van der Waals surface area contributed by atoms with Crippen LogP contribution in [0.3, 0.4) is 0 Å². The van der Waals surface area contributed by atoms with E-state index < -0.39 is 25.3 Å². The summed E-state index contributed by atoms with van der Waals surface area (Å²) in [5.41, 5.74) is 0.279. The summed E-state index contributed by atoms with van der Waals surface area (Å²) < 4.78 is 10.2. The van der Waals surface area contributed by atoms with Gasteiger partial charge in [0.15, 0.2) is 0 Å². The molecule has 5 nitrogen and oxygen atoms in total. The van der Waals surface area contributed by atoms with Crippen LogP contribution >= 0.6 is 0 Å². The summed E-state index contributed by atoms with van der Waals surface area (Å²) in [6.45, 7) is 1.41. The molecule has 1 aromatic carbocycles. The van der Waals surface area contributed by atoms with E-state index in [1.807, 2.05) is 6.92 Å². The Bertz CT molecular complexity index is 360. The minimum absolute atomic E-state index is 0.279.